The first-order valence-electron chi connectivity index (χ1n) is 4.25. The summed E-state index contributed by atoms with van der Waals surface area (Å²) < 4.78 is 0. The van der Waals surface area contributed by atoms with Gasteiger partial charge in [-0.15, -0.1) is 0 Å². The summed E-state index contributed by atoms with van der Waals surface area (Å²) in [5, 5.41) is 0. The normalized spacial score (nSPS) is 32.2. The molecule has 2 atom stereocenters. The van der Waals surface area contributed by atoms with Gasteiger partial charge in [-0.3, -0.25) is 4.90 Å². The van der Waals surface area contributed by atoms with Gasteiger partial charge in [-0.1, -0.05) is 0 Å². The molecule has 0 bridgehead atoms. The molecule has 1 fully saturated rings. The molecule has 1 aliphatic heterocycles. The van der Waals surface area contributed by atoms with Gasteiger partial charge in [-0.05, 0) is 21.0 Å². The second-order valence-corrected chi connectivity index (χ2v) is 3.67. The molecule has 66 valence electrons. The third-order valence-electron chi connectivity index (χ3n) is 2.51. The van der Waals surface area contributed by atoms with Crippen LogP contribution in [0.1, 0.15) is 6.92 Å². The van der Waals surface area contributed by atoms with E-state index in [9.17, 15) is 0 Å². The third kappa shape index (κ3) is 2.15. The number of hydrogen-bond acceptors (Lipinski definition) is 3. The molecule has 0 saturated carbocycles. The topological polar surface area (TPSA) is 32.5 Å². The maximum atomic E-state index is 5.85. The maximum absolute atomic E-state index is 5.85. The van der Waals surface area contributed by atoms with Gasteiger partial charge in [0.2, 0.25) is 0 Å². The highest BCUT2D eigenvalue weighted by molar-refractivity contribution is 4.84. The van der Waals surface area contributed by atoms with Crippen molar-refractivity contribution in [3.8, 4) is 0 Å². The van der Waals surface area contributed by atoms with Crippen LogP contribution in [0.2, 0.25) is 0 Å². The third-order valence-corrected chi connectivity index (χ3v) is 2.51. The number of nitrogens with zero attached hydrogens (tertiary/aromatic N) is 2. The zero-order valence-corrected chi connectivity index (χ0v) is 7.75. The Morgan fingerprint density at radius 1 is 1.36 bits per heavy atom. The molecule has 0 amide bonds. The van der Waals surface area contributed by atoms with Crippen molar-refractivity contribution in [2.45, 2.75) is 19.0 Å². The van der Waals surface area contributed by atoms with Crippen LogP contribution in [0.5, 0.6) is 0 Å². The zero-order chi connectivity index (χ0) is 8.43. The van der Waals surface area contributed by atoms with Gasteiger partial charge in [-0.2, -0.15) is 0 Å². The van der Waals surface area contributed by atoms with Gasteiger partial charge in [-0.25, -0.2) is 0 Å². The summed E-state index contributed by atoms with van der Waals surface area (Å²) >= 11 is 0. The van der Waals surface area contributed by atoms with Gasteiger partial charge >= 0.3 is 0 Å². The quantitative estimate of drug-likeness (QED) is 0.561. The van der Waals surface area contributed by atoms with Crippen LogP contribution in [0.4, 0.5) is 0 Å². The molecule has 0 unspecified atom stereocenters. The lowest BCUT2D eigenvalue weighted by molar-refractivity contribution is 0.101. The Labute approximate surface area is 69.1 Å². The molecule has 1 aliphatic rings. The van der Waals surface area contributed by atoms with Gasteiger partial charge in [0, 0.05) is 31.7 Å². The Bertz CT molecular complexity index is 125. The summed E-state index contributed by atoms with van der Waals surface area (Å²) in [5.41, 5.74) is 5.85. The fourth-order valence-electron chi connectivity index (χ4n) is 1.61. The highest BCUT2D eigenvalue weighted by Gasteiger charge is 2.24. The smallest absolute Gasteiger partial charge is 0.0369 e. The molecule has 0 aromatic heterocycles. The molecule has 0 radical (unpaired) electrons. The average molecular weight is 157 g/mol. The monoisotopic (exact) mass is 157 g/mol. The van der Waals surface area contributed by atoms with E-state index in [4.69, 9.17) is 5.73 Å². The average Bonchev–Trinajstić information content (AvgIpc) is 1.94. The van der Waals surface area contributed by atoms with E-state index < -0.39 is 0 Å². The molecule has 0 aromatic rings. The minimum atomic E-state index is 0.280. The molecular weight excluding hydrogens is 138 g/mol. The standard InChI is InChI=1S/C8H19N3/c1-7(9)8-6-10(2)4-5-11(8)3/h7-8H,4-6,9H2,1-3H3/t7-,8+/m1/s1. The molecular formula is C8H19N3. The molecule has 11 heavy (non-hydrogen) atoms. The lowest BCUT2D eigenvalue weighted by Crippen LogP contribution is -2.56. The molecule has 0 spiro atoms. The highest BCUT2D eigenvalue weighted by Crippen LogP contribution is 2.07. The van der Waals surface area contributed by atoms with Crippen LogP contribution >= 0.6 is 0 Å². The van der Waals surface area contributed by atoms with Gasteiger partial charge < -0.3 is 10.6 Å². The summed E-state index contributed by atoms with van der Waals surface area (Å²) in [7, 11) is 4.31. The van der Waals surface area contributed by atoms with E-state index in [-0.39, 0.29) is 6.04 Å². The summed E-state index contributed by atoms with van der Waals surface area (Å²) in [6.07, 6.45) is 0. The number of piperazine rings is 1. The van der Waals surface area contributed by atoms with Gasteiger partial charge in [0.1, 0.15) is 0 Å². The van der Waals surface area contributed by atoms with Crippen molar-refractivity contribution in [2.24, 2.45) is 5.73 Å². The largest absolute Gasteiger partial charge is 0.326 e. The lowest BCUT2D eigenvalue weighted by Gasteiger charge is -2.39. The van der Waals surface area contributed by atoms with Crippen LogP contribution < -0.4 is 5.73 Å². The van der Waals surface area contributed by atoms with Crippen molar-refractivity contribution in [3.63, 3.8) is 0 Å². The van der Waals surface area contributed by atoms with E-state index in [2.05, 4.69) is 30.8 Å². The Kier molecular flexibility index (Phi) is 2.87. The predicted molar refractivity (Wildman–Crippen MR) is 47.6 cm³/mol. The first-order chi connectivity index (χ1) is 5.11. The van der Waals surface area contributed by atoms with Crippen LogP contribution in [0.15, 0.2) is 0 Å². The van der Waals surface area contributed by atoms with Gasteiger partial charge in [0.25, 0.3) is 0 Å². The highest BCUT2D eigenvalue weighted by atomic mass is 15.3. The number of nitrogens with two attached hydrogens (primary N) is 1. The molecule has 3 nitrogen and oxygen atoms in total. The van der Waals surface area contributed by atoms with E-state index in [0.717, 1.165) is 13.1 Å². The van der Waals surface area contributed by atoms with E-state index in [1.54, 1.807) is 0 Å². The van der Waals surface area contributed by atoms with Crippen LogP contribution in [-0.4, -0.2) is 55.6 Å². The second kappa shape index (κ2) is 3.52. The van der Waals surface area contributed by atoms with Crippen molar-refractivity contribution in [1.29, 1.82) is 0 Å². The Balaban J connectivity index is 2.47. The lowest BCUT2D eigenvalue weighted by atomic mass is 10.1. The van der Waals surface area contributed by atoms with Crippen LogP contribution in [0.3, 0.4) is 0 Å². The summed E-state index contributed by atoms with van der Waals surface area (Å²) in [5.74, 6) is 0. The van der Waals surface area contributed by atoms with E-state index in [1.165, 1.54) is 6.54 Å². The second-order valence-electron chi connectivity index (χ2n) is 3.67. The number of rotatable bonds is 1. The van der Waals surface area contributed by atoms with Crippen molar-refractivity contribution < 1.29 is 0 Å². The van der Waals surface area contributed by atoms with E-state index in [0.29, 0.717) is 6.04 Å². The van der Waals surface area contributed by atoms with Gasteiger partial charge in [0.15, 0.2) is 0 Å². The van der Waals surface area contributed by atoms with Crippen molar-refractivity contribution >= 4 is 0 Å². The summed E-state index contributed by atoms with van der Waals surface area (Å²) in [6, 6.07) is 0.816. The minimum Gasteiger partial charge on any atom is -0.326 e. The minimum absolute atomic E-state index is 0.280. The SMILES string of the molecule is C[C@@H](N)[C@@H]1CN(C)CCN1C. The van der Waals surface area contributed by atoms with Crippen LogP contribution in [0.25, 0.3) is 0 Å². The molecule has 1 rings (SSSR count). The predicted octanol–water partition coefficient (Wildman–Crippen LogP) is -0.421. The molecule has 2 N–H and O–H groups in total. The number of hydrogen-bond donors (Lipinski definition) is 1. The van der Waals surface area contributed by atoms with Crippen LogP contribution in [0, 0.1) is 0 Å². The summed E-state index contributed by atoms with van der Waals surface area (Å²) in [6.45, 7) is 5.50. The van der Waals surface area contributed by atoms with Gasteiger partial charge in [0.05, 0.1) is 0 Å². The molecule has 3 heteroatoms. The zero-order valence-electron chi connectivity index (χ0n) is 7.75. The fourth-order valence-corrected chi connectivity index (χ4v) is 1.61. The number of likely N-dealkylation sites (N-methyl/N-ethyl adjacent to an activating group) is 2. The van der Waals surface area contributed by atoms with E-state index in [1.807, 2.05) is 0 Å². The summed E-state index contributed by atoms with van der Waals surface area (Å²) in [4.78, 5) is 4.69. The molecule has 1 saturated heterocycles. The molecule has 0 aliphatic carbocycles. The Morgan fingerprint density at radius 3 is 2.45 bits per heavy atom. The van der Waals surface area contributed by atoms with Crippen molar-refractivity contribution in [3.05, 3.63) is 0 Å². The Morgan fingerprint density at radius 2 is 2.00 bits per heavy atom. The van der Waals surface area contributed by atoms with Crippen LogP contribution in [-0.2, 0) is 0 Å². The first kappa shape index (κ1) is 8.97. The first-order valence-corrected chi connectivity index (χ1v) is 4.25. The fraction of sp³-hybridized carbons (Fsp3) is 1.00. The van der Waals surface area contributed by atoms with Crippen molar-refractivity contribution in [2.75, 3.05) is 33.7 Å². The molecule has 0 aromatic carbocycles. The Hall–Kier alpha value is -0.120. The van der Waals surface area contributed by atoms with Crippen molar-refractivity contribution in [1.82, 2.24) is 9.80 Å². The maximum Gasteiger partial charge on any atom is 0.0369 e. The van der Waals surface area contributed by atoms with E-state index >= 15 is 0 Å². The molecule has 1 heterocycles.